The van der Waals surface area contributed by atoms with Gasteiger partial charge in [0.2, 0.25) is 5.76 Å². The molecule has 0 bridgehead atoms. The van der Waals surface area contributed by atoms with E-state index in [1.54, 1.807) is 0 Å². The smallest absolute Gasteiger partial charge is 0.371 e. The van der Waals surface area contributed by atoms with Crippen LogP contribution in [0, 0.1) is 5.82 Å². The van der Waals surface area contributed by atoms with E-state index in [2.05, 4.69) is 15.9 Å². The summed E-state index contributed by atoms with van der Waals surface area (Å²) in [5.74, 6) is -2.51. The lowest BCUT2D eigenvalue weighted by Gasteiger charge is -2.18. The first-order valence-electron chi connectivity index (χ1n) is 5.50. The van der Waals surface area contributed by atoms with Gasteiger partial charge in [0.15, 0.2) is 4.67 Å². The van der Waals surface area contributed by atoms with Crippen molar-refractivity contribution in [2.24, 2.45) is 0 Å². The number of halogens is 2. The second-order valence-corrected chi connectivity index (χ2v) is 6.66. The molecule has 0 unspecified atom stereocenters. The van der Waals surface area contributed by atoms with Crippen LogP contribution in [0.4, 0.5) is 10.1 Å². The molecule has 6 nitrogen and oxygen atoms in total. The Bertz CT molecular complexity index is 802. The van der Waals surface area contributed by atoms with Crippen LogP contribution in [0.2, 0.25) is 0 Å². The van der Waals surface area contributed by atoms with Crippen molar-refractivity contribution in [1.82, 2.24) is 0 Å². The van der Waals surface area contributed by atoms with Gasteiger partial charge in [0.05, 0.1) is 5.69 Å². The summed E-state index contributed by atoms with van der Waals surface area (Å²) in [6.07, 6.45) is 0. The Morgan fingerprint density at radius 3 is 2.57 bits per heavy atom. The lowest BCUT2D eigenvalue weighted by atomic mass is 10.3. The molecule has 0 saturated heterocycles. The second kappa shape index (κ2) is 5.49. The number of benzene rings is 1. The Kier molecular flexibility index (Phi) is 4.06. The van der Waals surface area contributed by atoms with Gasteiger partial charge >= 0.3 is 5.97 Å². The molecule has 0 spiro atoms. The van der Waals surface area contributed by atoms with E-state index in [0.717, 1.165) is 16.4 Å². The largest absolute Gasteiger partial charge is 0.475 e. The molecule has 2 aromatic rings. The molecule has 0 atom stereocenters. The molecule has 0 saturated carbocycles. The van der Waals surface area contributed by atoms with Crippen molar-refractivity contribution in [2.75, 3.05) is 11.4 Å². The quantitative estimate of drug-likeness (QED) is 0.884. The first kappa shape index (κ1) is 15.5. The molecule has 0 fully saturated rings. The van der Waals surface area contributed by atoms with Crippen LogP contribution >= 0.6 is 15.9 Å². The van der Waals surface area contributed by atoms with Crippen LogP contribution in [0.25, 0.3) is 0 Å². The van der Waals surface area contributed by atoms with Gasteiger partial charge in [-0.05, 0) is 34.1 Å². The van der Waals surface area contributed by atoms with Crippen LogP contribution in [-0.4, -0.2) is 26.5 Å². The number of carboxylic acids is 1. The Morgan fingerprint density at radius 1 is 1.38 bits per heavy atom. The Balaban J connectivity index is 2.49. The first-order chi connectivity index (χ1) is 9.73. The molecule has 0 amide bonds. The Hall–Kier alpha value is -1.87. The van der Waals surface area contributed by atoms with Crippen LogP contribution in [0.15, 0.2) is 44.3 Å². The molecule has 0 radical (unpaired) electrons. The third-order valence-electron chi connectivity index (χ3n) is 2.68. The lowest BCUT2D eigenvalue weighted by molar-refractivity contribution is 0.0661. The molecule has 0 aliphatic rings. The minimum atomic E-state index is -4.09. The highest BCUT2D eigenvalue weighted by Crippen LogP contribution is 2.30. The van der Waals surface area contributed by atoms with E-state index in [4.69, 9.17) is 9.52 Å². The molecule has 9 heteroatoms. The number of hydrogen-bond donors (Lipinski definition) is 1. The predicted octanol–water partition coefficient (Wildman–Crippen LogP) is 2.70. The summed E-state index contributed by atoms with van der Waals surface area (Å²) in [5, 5.41) is 8.81. The summed E-state index contributed by atoms with van der Waals surface area (Å²) in [5.41, 5.74) is 0.0972. The predicted molar refractivity (Wildman–Crippen MR) is 75.4 cm³/mol. The highest BCUT2D eigenvalue weighted by molar-refractivity contribution is 9.10. The van der Waals surface area contributed by atoms with E-state index in [-0.39, 0.29) is 15.3 Å². The summed E-state index contributed by atoms with van der Waals surface area (Å²) in [7, 11) is -2.86. The van der Waals surface area contributed by atoms with Crippen molar-refractivity contribution in [2.45, 2.75) is 4.90 Å². The molecule has 2 rings (SSSR count). The zero-order valence-electron chi connectivity index (χ0n) is 10.6. The van der Waals surface area contributed by atoms with Crippen LogP contribution in [0.3, 0.4) is 0 Å². The third-order valence-corrected chi connectivity index (χ3v) is 5.32. The molecule has 112 valence electrons. The van der Waals surface area contributed by atoms with Crippen molar-refractivity contribution >= 4 is 37.6 Å². The van der Waals surface area contributed by atoms with Crippen molar-refractivity contribution in [3.05, 3.63) is 46.6 Å². The van der Waals surface area contributed by atoms with Crippen LogP contribution in [0.5, 0.6) is 0 Å². The highest BCUT2D eigenvalue weighted by Gasteiger charge is 2.29. The highest BCUT2D eigenvalue weighted by atomic mass is 79.9. The fraction of sp³-hybridized carbons (Fsp3) is 0.0833. The molecule has 1 aromatic carbocycles. The van der Waals surface area contributed by atoms with Gasteiger partial charge in [-0.15, -0.1) is 0 Å². The summed E-state index contributed by atoms with van der Waals surface area (Å²) >= 11 is 2.87. The molecule has 1 aromatic heterocycles. The molecule has 1 heterocycles. The number of carboxylic acid groups (broad SMARTS) is 1. The number of aromatic carboxylic acids is 1. The second-order valence-electron chi connectivity index (χ2n) is 4.01. The van der Waals surface area contributed by atoms with E-state index in [9.17, 15) is 17.6 Å². The Morgan fingerprint density at radius 2 is 2.05 bits per heavy atom. The van der Waals surface area contributed by atoms with Gasteiger partial charge < -0.3 is 9.52 Å². The monoisotopic (exact) mass is 377 g/mol. The number of carbonyl (C=O) groups is 1. The van der Waals surface area contributed by atoms with Gasteiger partial charge in [-0.2, -0.15) is 0 Å². The summed E-state index contributed by atoms with van der Waals surface area (Å²) in [6, 6.07) is 5.89. The molecule has 21 heavy (non-hydrogen) atoms. The number of nitrogens with zero attached hydrogens (tertiary/aromatic N) is 1. The zero-order chi connectivity index (χ0) is 15.8. The van der Waals surface area contributed by atoms with Gasteiger partial charge in [-0.25, -0.2) is 17.6 Å². The van der Waals surface area contributed by atoms with E-state index < -0.39 is 27.6 Å². The van der Waals surface area contributed by atoms with Crippen LogP contribution < -0.4 is 4.31 Å². The number of furan rings is 1. The molecule has 0 aliphatic carbocycles. The van der Waals surface area contributed by atoms with Gasteiger partial charge in [0.1, 0.15) is 10.7 Å². The van der Waals surface area contributed by atoms with E-state index in [0.29, 0.717) is 0 Å². The van der Waals surface area contributed by atoms with Crippen molar-refractivity contribution < 1.29 is 27.1 Å². The van der Waals surface area contributed by atoms with Crippen LogP contribution in [0.1, 0.15) is 10.6 Å². The summed E-state index contributed by atoms with van der Waals surface area (Å²) < 4.78 is 43.4. The Labute approximate surface area is 128 Å². The average molecular weight is 378 g/mol. The van der Waals surface area contributed by atoms with Crippen molar-refractivity contribution in [3.8, 4) is 0 Å². The van der Waals surface area contributed by atoms with Crippen molar-refractivity contribution in [1.29, 1.82) is 0 Å². The van der Waals surface area contributed by atoms with Crippen LogP contribution in [-0.2, 0) is 10.0 Å². The minimum absolute atomic E-state index is 0.0972. The lowest BCUT2D eigenvalue weighted by Crippen LogP contribution is -2.26. The van der Waals surface area contributed by atoms with E-state index in [1.165, 1.54) is 25.2 Å². The minimum Gasteiger partial charge on any atom is -0.475 e. The summed E-state index contributed by atoms with van der Waals surface area (Å²) in [6.45, 7) is 0. The fourth-order valence-corrected chi connectivity index (χ4v) is 3.68. The topological polar surface area (TPSA) is 87.8 Å². The van der Waals surface area contributed by atoms with Crippen molar-refractivity contribution in [3.63, 3.8) is 0 Å². The van der Waals surface area contributed by atoms with E-state index >= 15 is 0 Å². The standard InChI is InChI=1S/C12H9BrFNO5S/c1-15(8-4-2-3-7(14)5-8)21(18,19)10-6-9(12(16)17)20-11(10)13/h2-6H,1H3,(H,16,17). The molecular weight excluding hydrogens is 369 g/mol. The molecular formula is C12H9BrFNO5S. The average Bonchev–Trinajstić information content (AvgIpc) is 2.81. The summed E-state index contributed by atoms with van der Waals surface area (Å²) in [4.78, 5) is 10.5. The molecule has 1 N–H and O–H groups in total. The first-order valence-corrected chi connectivity index (χ1v) is 7.74. The van der Waals surface area contributed by atoms with Gasteiger partial charge in [-0.3, -0.25) is 4.31 Å². The maximum atomic E-state index is 13.2. The zero-order valence-corrected chi connectivity index (χ0v) is 13.0. The number of rotatable bonds is 4. The van der Waals surface area contributed by atoms with Gasteiger partial charge in [0.25, 0.3) is 10.0 Å². The normalized spacial score (nSPS) is 11.4. The number of sulfonamides is 1. The van der Waals surface area contributed by atoms with Gasteiger partial charge in [0, 0.05) is 13.1 Å². The van der Waals surface area contributed by atoms with E-state index in [1.807, 2.05) is 0 Å². The number of hydrogen-bond acceptors (Lipinski definition) is 4. The molecule has 0 aliphatic heterocycles. The fourth-order valence-electron chi connectivity index (χ4n) is 1.59. The maximum Gasteiger partial charge on any atom is 0.371 e. The maximum absolute atomic E-state index is 13.2. The third kappa shape index (κ3) is 2.93. The number of anilines is 1. The van der Waals surface area contributed by atoms with Gasteiger partial charge in [-0.1, -0.05) is 6.07 Å². The SMILES string of the molecule is CN(c1cccc(F)c1)S(=O)(=O)c1cc(C(=O)O)oc1Br.